The van der Waals surface area contributed by atoms with Gasteiger partial charge in [-0.2, -0.15) is 0 Å². The molecule has 2 rings (SSSR count). The van der Waals surface area contributed by atoms with Crippen LogP contribution < -0.4 is 0 Å². The zero-order valence-electron chi connectivity index (χ0n) is 9.68. The first-order chi connectivity index (χ1) is 8.58. The molecule has 0 spiro atoms. The molecule has 1 N–H and O–H groups in total. The number of carboxylic acid groups (broad SMARTS) is 1. The number of carbonyl (C=O) groups is 1. The molecule has 0 heterocycles. The summed E-state index contributed by atoms with van der Waals surface area (Å²) in [5, 5.41) is 9.78. The topological polar surface area (TPSA) is 37.3 Å². The highest BCUT2D eigenvalue weighted by molar-refractivity contribution is 7.99. The maximum Gasteiger partial charge on any atom is 0.336 e. The van der Waals surface area contributed by atoms with Crippen molar-refractivity contribution in [3.63, 3.8) is 0 Å². The molecule has 4 heteroatoms. The van der Waals surface area contributed by atoms with Crippen LogP contribution in [-0.4, -0.2) is 11.1 Å². The molecule has 0 aliphatic carbocycles. The summed E-state index contributed by atoms with van der Waals surface area (Å²) in [7, 11) is 0. The Morgan fingerprint density at radius 1 is 1.17 bits per heavy atom. The number of aryl methyl sites for hydroxylation is 1. The van der Waals surface area contributed by atoms with Gasteiger partial charge in [0.05, 0.1) is 10.6 Å². The monoisotopic (exact) mass is 278 g/mol. The molecule has 0 aliphatic rings. The third-order valence-electron chi connectivity index (χ3n) is 2.42. The third-order valence-corrected chi connectivity index (χ3v) is 4.00. The summed E-state index contributed by atoms with van der Waals surface area (Å²) < 4.78 is 0. The van der Waals surface area contributed by atoms with E-state index < -0.39 is 5.97 Å². The van der Waals surface area contributed by atoms with E-state index >= 15 is 0 Å². The fraction of sp³-hybridized carbons (Fsp3) is 0.0714. The largest absolute Gasteiger partial charge is 0.478 e. The summed E-state index contributed by atoms with van der Waals surface area (Å²) in [6, 6.07) is 12.7. The van der Waals surface area contributed by atoms with Gasteiger partial charge < -0.3 is 5.11 Å². The highest BCUT2D eigenvalue weighted by Crippen LogP contribution is 2.35. The zero-order valence-corrected chi connectivity index (χ0v) is 11.3. The van der Waals surface area contributed by atoms with E-state index in [9.17, 15) is 4.79 Å². The van der Waals surface area contributed by atoms with Crippen molar-refractivity contribution >= 4 is 29.3 Å². The predicted molar refractivity (Wildman–Crippen MR) is 73.7 cm³/mol. The van der Waals surface area contributed by atoms with Gasteiger partial charge in [0.1, 0.15) is 0 Å². The Labute approximate surface area is 115 Å². The Balaban J connectivity index is 2.42. The second kappa shape index (κ2) is 5.46. The van der Waals surface area contributed by atoms with Crippen LogP contribution in [0.3, 0.4) is 0 Å². The molecule has 0 aliphatic heterocycles. The standard InChI is InChI=1S/C14H11ClO2S/c1-9-6-7-10(14(16)17)13(8-9)18-12-5-3-2-4-11(12)15/h2-8H,1H3,(H,16,17). The number of benzene rings is 2. The Morgan fingerprint density at radius 3 is 2.56 bits per heavy atom. The summed E-state index contributed by atoms with van der Waals surface area (Å²) in [4.78, 5) is 12.7. The summed E-state index contributed by atoms with van der Waals surface area (Å²) in [5.41, 5.74) is 1.32. The fourth-order valence-electron chi connectivity index (χ4n) is 1.54. The van der Waals surface area contributed by atoms with E-state index in [-0.39, 0.29) is 0 Å². The molecule has 92 valence electrons. The molecule has 0 amide bonds. The Hall–Kier alpha value is -1.45. The number of hydrogen-bond donors (Lipinski definition) is 1. The molecule has 0 saturated heterocycles. The smallest absolute Gasteiger partial charge is 0.336 e. The minimum Gasteiger partial charge on any atom is -0.478 e. The molecule has 2 aromatic rings. The molecule has 2 aromatic carbocycles. The summed E-state index contributed by atoms with van der Waals surface area (Å²) in [5.74, 6) is -0.926. The molecular weight excluding hydrogens is 268 g/mol. The normalized spacial score (nSPS) is 10.3. The Bertz CT molecular complexity index is 596. The van der Waals surface area contributed by atoms with Gasteiger partial charge in [-0.3, -0.25) is 0 Å². The van der Waals surface area contributed by atoms with E-state index in [0.29, 0.717) is 15.5 Å². The number of hydrogen-bond acceptors (Lipinski definition) is 2. The Kier molecular flexibility index (Phi) is 3.94. The lowest BCUT2D eigenvalue weighted by molar-refractivity contribution is 0.0693. The van der Waals surface area contributed by atoms with Gasteiger partial charge in [0.2, 0.25) is 0 Å². The molecule has 2 nitrogen and oxygen atoms in total. The van der Waals surface area contributed by atoms with Crippen LogP contribution in [0.15, 0.2) is 52.3 Å². The predicted octanol–water partition coefficient (Wildman–Crippen LogP) is 4.50. The summed E-state index contributed by atoms with van der Waals surface area (Å²) >= 11 is 7.45. The molecule has 0 bridgehead atoms. The van der Waals surface area contributed by atoms with Crippen molar-refractivity contribution in [1.29, 1.82) is 0 Å². The summed E-state index contributed by atoms with van der Waals surface area (Å²) in [6.45, 7) is 1.93. The minimum atomic E-state index is -0.926. The van der Waals surface area contributed by atoms with Crippen LogP contribution in [0.25, 0.3) is 0 Å². The van der Waals surface area contributed by atoms with Crippen molar-refractivity contribution < 1.29 is 9.90 Å². The van der Waals surface area contributed by atoms with Gasteiger partial charge in [-0.15, -0.1) is 0 Å². The maximum absolute atomic E-state index is 11.2. The van der Waals surface area contributed by atoms with Crippen LogP contribution in [0.5, 0.6) is 0 Å². The lowest BCUT2D eigenvalue weighted by atomic mass is 10.1. The number of aromatic carboxylic acids is 1. The van der Waals surface area contributed by atoms with E-state index in [1.807, 2.05) is 31.2 Å². The second-order valence-electron chi connectivity index (χ2n) is 3.84. The van der Waals surface area contributed by atoms with E-state index in [4.69, 9.17) is 16.7 Å². The van der Waals surface area contributed by atoms with Gasteiger partial charge in [-0.25, -0.2) is 4.79 Å². The van der Waals surface area contributed by atoms with Gasteiger partial charge in [-0.1, -0.05) is 41.6 Å². The number of carboxylic acids is 1. The fourth-order valence-corrected chi connectivity index (χ4v) is 2.85. The van der Waals surface area contributed by atoms with Crippen LogP contribution >= 0.6 is 23.4 Å². The van der Waals surface area contributed by atoms with Gasteiger partial charge in [0.15, 0.2) is 0 Å². The molecule has 0 unspecified atom stereocenters. The third kappa shape index (κ3) is 2.86. The second-order valence-corrected chi connectivity index (χ2v) is 5.33. The first kappa shape index (κ1) is 13.0. The van der Waals surface area contributed by atoms with E-state index in [1.165, 1.54) is 11.8 Å². The lowest BCUT2D eigenvalue weighted by Gasteiger charge is -2.08. The molecule has 0 aromatic heterocycles. The van der Waals surface area contributed by atoms with Crippen LogP contribution in [-0.2, 0) is 0 Å². The van der Waals surface area contributed by atoms with Crippen LogP contribution in [0.2, 0.25) is 5.02 Å². The molecule has 0 radical (unpaired) electrons. The van der Waals surface area contributed by atoms with E-state index in [0.717, 1.165) is 10.5 Å². The van der Waals surface area contributed by atoms with Crippen LogP contribution in [0, 0.1) is 6.92 Å². The minimum absolute atomic E-state index is 0.297. The van der Waals surface area contributed by atoms with Gasteiger partial charge in [0, 0.05) is 9.79 Å². The van der Waals surface area contributed by atoms with Gasteiger partial charge in [-0.05, 0) is 36.8 Å². The molecule has 18 heavy (non-hydrogen) atoms. The zero-order chi connectivity index (χ0) is 13.1. The van der Waals surface area contributed by atoms with Gasteiger partial charge in [0.25, 0.3) is 0 Å². The maximum atomic E-state index is 11.2. The van der Waals surface area contributed by atoms with Gasteiger partial charge >= 0.3 is 5.97 Å². The first-order valence-corrected chi connectivity index (χ1v) is 6.53. The average Bonchev–Trinajstić information content (AvgIpc) is 2.32. The van der Waals surface area contributed by atoms with Crippen molar-refractivity contribution in [2.45, 2.75) is 16.7 Å². The highest BCUT2D eigenvalue weighted by atomic mass is 35.5. The van der Waals surface area contributed by atoms with Crippen molar-refractivity contribution in [3.8, 4) is 0 Å². The van der Waals surface area contributed by atoms with Crippen molar-refractivity contribution in [1.82, 2.24) is 0 Å². The molecule has 0 atom stereocenters. The molecular formula is C14H11ClO2S. The van der Waals surface area contributed by atoms with Crippen LogP contribution in [0.1, 0.15) is 15.9 Å². The van der Waals surface area contributed by atoms with E-state index in [2.05, 4.69) is 0 Å². The first-order valence-electron chi connectivity index (χ1n) is 5.34. The van der Waals surface area contributed by atoms with Crippen LogP contribution in [0.4, 0.5) is 0 Å². The SMILES string of the molecule is Cc1ccc(C(=O)O)c(Sc2ccccc2Cl)c1. The van der Waals surface area contributed by atoms with Crippen molar-refractivity contribution in [2.75, 3.05) is 0 Å². The van der Waals surface area contributed by atoms with E-state index in [1.54, 1.807) is 18.2 Å². The highest BCUT2D eigenvalue weighted by Gasteiger charge is 2.12. The molecule has 0 fully saturated rings. The number of halogens is 1. The average molecular weight is 279 g/mol. The Morgan fingerprint density at radius 2 is 1.89 bits per heavy atom. The quantitative estimate of drug-likeness (QED) is 0.898. The van der Waals surface area contributed by atoms with Crippen molar-refractivity contribution in [2.24, 2.45) is 0 Å². The molecule has 0 saturated carbocycles. The summed E-state index contributed by atoms with van der Waals surface area (Å²) in [6.07, 6.45) is 0. The van der Waals surface area contributed by atoms with Crippen molar-refractivity contribution in [3.05, 3.63) is 58.6 Å². The number of rotatable bonds is 3. The lowest BCUT2D eigenvalue weighted by Crippen LogP contribution is -1.98.